The van der Waals surface area contributed by atoms with E-state index in [1.165, 1.54) is 24.3 Å². The summed E-state index contributed by atoms with van der Waals surface area (Å²) >= 11 is 2.02. The third-order valence-electron chi connectivity index (χ3n) is 2.88. The Kier molecular flexibility index (Phi) is 2.74. The van der Waals surface area contributed by atoms with Crippen molar-refractivity contribution >= 4 is 28.5 Å². The van der Waals surface area contributed by atoms with Crippen LogP contribution in [0.2, 0.25) is 0 Å². The second-order valence-electron chi connectivity index (χ2n) is 4.05. The normalized spacial score (nSPS) is 21.1. The van der Waals surface area contributed by atoms with Crippen molar-refractivity contribution in [3.63, 3.8) is 0 Å². The molecule has 0 saturated carbocycles. The van der Waals surface area contributed by atoms with Crippen LogP contribution in [0.5, 0.6) is 0 Å². The van der Waals surface area contributed by atoms with Crippen LogP contribution in [0, 0.1) is 0 Å². The minimum absolute atomic E-state index is 0.548. The summed E-state index contributed by atoms with van der Waals surface area (Å²) in [5.41, 5.74) is 0.904. The van der Waals surface area contributed by atoms with Crippen LogP contribution in [0.1, 0.15) is 12.8 Å². The molecular formula is C12H14N2OS. The fourth-order valence-corrected chi connectivity index (χ4v) is 3.13. The Morgan fingerprint density at radius 1 is 1.44 bits per heavy atom. The molecule has 1 N–H and O–H groups in total. The second-order valence-corrected chi connectivity index (χ2v) is 5.20. The van der Waals surface area contributed by atoms with Gasteiger partial charge in [0.1, 0.15) is 11.4 Å². The number of fused-ring (bicyclic) bond motifs is 1. The predicted octanol–water partition coefficient (Wildman–Crippen LogP) is 3.14. The largest absolute Gasteiger partial charge is 0.464 e. The molecule has 0 radical (unpaired) electrons. The molecule has 16 heavy (non-hydrogen) atoms. The predicted molar refractivity (Wildman–Crippen MR) is 68.0 cm³/mol. The van der Waals surface area contributed by atoms with Gasteiger partial charge in [-0.15, -0.1) is 0 Å². The summed E-state index contributed by atoms with van der Waals surface area (Å²) in [7, 11) is 0. The maximum atomic E-state index is 5.36. The van der Waals surface area contributed by atoms with E-state index >= 15 is 0 Å². The molecule has 0 aliphatic carbocycles. The van der Waals surface area contributed by atoms with Crippen molar-refractivity contribution in [2.75, 3.05) is 16.8 Å². The number of rotatable bonds is 2. The van der Waals surface area contributed by atoms with Crippen LogP contribution >= 0.6 is 11.8 Å². The molecule has 0 amide bonds. The highest BCUT2D eigenvalue weighted by atomic mass is 32.2. The SMILES string of the molecule is c1cc2occc2c(NC2CCCSC2)n1. The summed E-state index contributed by atoms with van der Waals surface area (Å²) < 4.78 is 5.36. The maximum Gasteiger partial charge on any atom is 0.139 e. The van der Waals surface area contributed by atoms with E-state index in [-0.39, 0.29) is 0 Å². The number of nitrogens with zero attached hydrogens (tertiary/aromatic N) is 1. The summed E-state index contributed by atoms with van der Waals surface area (Å²) in [6.45, 7) is 0. The Labute approximate surface area is 98.6 Å². The van der Waals surface area contributed by atoms with Crippen molar-refractivity contribution in [3.8, 4) is 0 Å². The number of pyridine rings is 1. The molecule has 3 nitrogen and oxygen atoms in total. The smallest absolute Gasteiger partial charge is 0.139 e. The van der Waals surface area contributed by atoms with E-state index < -0.39 is 0 Å². The first-order valence-corrected chi connectivity index (χ1v) is 6.75. The molecule has 2 aromatic heterocycles. The van der Waals surface area contributed by atoms with E-state index in [0.29, 0.717) is 6.04 Å². The van der Waals surface area contributed by atoms with Crippen molar-refractivity contribution in [3.05, 3.63) is 24.6 Å². The van der Waals surface area contributed by atoms with E-state index in [2.05, 4.69) is 10.3 Å². The molecule has 4 heteroatoms. The van der Waals surface area contributed by atoms with Gasteiger partial charge in [-0.05, 0) is 30.7 Å². The van der Waals surface area contributed by atoms with Crippen molar-refractivity contribution < 1.29 is 4.42 Å². The zero-order valence-electron chi connectivity index (χ0n) is 8.98. The highest BCUT2D eigenvalue weighted by Crippen LogP contribution is 2.25. The molecule has 0 bridgehead atoms. The molecule has 1 fully saturated rings. The average molecular weight is 234 g/mol. The van der Waals surface area contributed by atoms with Gasteiger partial charge < -0.3 is 9.73 Å². The molecule has 1 unspecified atom stereocenters. The first-order valence-electron chi connectivity index (χ1n) is 5.60. The Bertz CT molecular complexity index is 477. The minimum atomic E-state index is 0.548. The van der Waals surface area contributed by atoms with Crippen molar-refractivity contribution in [2.45, 2.75) is 18.9 Å². The standard InChI is InChI=1S/C12H14N2OS/c1-2-9(8-16-7-1)14-12-10-4-6-15-11(10)3-5-13-12/h3-6,9H,1-2,7-8H2,(H,13,14). The van der Waals surface area contributed by atoms with Gasteiger partial charge in [0.2, 0.25) is 0 Å². The minimum Gasteiger partial charge on any atom is -0.464 e. The molecule has 1 aliphatic heterocycles. The Morgan fingerprint density at radius 2 is 2.44 bits per heavy atom. The van der Waals surface area contributed by atoms with Gasteiger partial charge in [-0.2, -0.15) is 11.8 Å². The van der Waals surface area contributed by atoms with Gasteiger partial charge in [0.25, 0.3) is 0 Å². The number of aromatic nitrogens is 1. The van der Waals surface area contributed by atoms with Crippen LogP contribution in [0.4, 0.5) is 5.82 Å². The number of nitrogens with one attached hydrogen (secondary N) is 1. The molecule has 3 heterocycles. The van der Waals surface area contributed by atoms with Crippen molar-refractivity contribution in [2.24, 2.45) is 0 Å². The number of hydrogen-bond acceptors (Lipinski definition) is 4. The molecule has 0 spiro atoms. The molecule has 2 aromatic rings. The van der Waals surface area contributed by atoms with Crippen LogP contribution in [0.15, 0.2) is 29.0 Å². The number of anilines is 1. The summed E-state index contributed by atoms with van der Waals surface area (Å²) in [5, 5.41) is 4.60. The fraction of sp³-hybridized carbons (Fsp3) is 0.417. The fourth-order valence-electron chi connectivity index (χ4n) is 2.06. The summed E-state index contributed by atoms with van der Waals surface area (Å²) in [5.74, 6) is 3.43. The Balaban J connectivity index is 1.85. The molecule has 1 saturated heterocycles. The molecular weight excluding hydrogens is 220 g/mol. The van der Waals surface area contributed by atoms with Gasteiger partial charge in [-0.3, -0.25) is 0 Å². The van der Waals surface area contributed by atoms with Crippen LogP contribution in [0.25, 0.3) is 11.0 Å². The molecule has 3 rings (SSSR count). The van der Waals surface area contributed by atoms with Gasteiger partial charge in [-0.1, -0.05) is 0 Å². The maximum absolute atomic E-state index is 5.36. The van der Waals surface area contributed by atoms with E-state index in [0.717, 1.165) is 16.8 Å². The lowest BCUT2D eigenvalue weighted by atomic mass is 10.2. The second kappa shape index (κ2) is 4.37. The van der Waals surface area contributed by atoms with E-state index in [1.54, 1.807) is 12.5 Å². The van der Waals surface area contributed by atoms with Crippen molar-refractivity contribution in [1.82, 2.24) is 4.98 Å². The molecule has 84 valence electrons. The van der Waals surface area contributed by atoms with Crippen LogP contribution in [-0.4, -0.2) is 22.5 Å². The topological polar surface area (TPSA) is 38.1 Å². The Morgan fingerprint density at radius 3 is 3.31 bits per heavy atom. The quantitative estimate of drug-likeness (QED) is 0.866. The molecule has 0 aromatic carbocycles. The Hall–Kier alpha value is -1.16. The zero-order valence-corrected chi connectivity index (χ0v) is 9.80. The number of thioether (sulfide) groups is 1. The average Bonchev–Trinajstić information content (AvgIpc) is 2.80. The lowest BCUT2D eigenvalue weighted by Gasteiger charge is -2.23. The molecule has 1 atom stereocenters. The number of hydrogen-bond donors (Lipinski definition) is 1. The number of furan rings is 1. The summed E-state index contributed by atoms with van der Waals surface area (Å²) in [6, 6.07) is 4.42. The highest BCUT2D eigenvalue weighted by molar-refractivity contribution is 7.99. The van der Waals surface area contributed by atoms with Crippen LogP contribution < -0.4 is 5.32 Å². The van der Waals surface area contributed by atoms with E-state index in [4.69, 9.17) is 4.42 Å². The van der Waals surface area contributed by atoms with Gasteiger partial charge in [-0.25, -0.2) is 4.98 Å². The lowest BCUT2D eigenvalue weighted by molar-refractivity contribution is 0.615. The van der Waals surface area contributed by atoms with E-state index in [1.807, 2.05) is 23.9 Å². The van der Waals surface area contributed by atoms with Gasteiger partial charge in [0, 0.05) is 18.0 Å². The first-order chi connectivity index (χ1) is 7.93. The third kappa shape index (κ3) is 1.89. The van der Waals surface area contributed by atoms with Gasteiger partial charge >= 0.3 is 0 Å². The van der Waals surface area contributed by atoms with Crippen LogP contribution in [-0.2, 0) is 0 Å². The summed E-state index contributed by atoms with van der Waals surface area (Å²) in [6.07, 6.45) is 6.05. The zero-order chi connectivity index (χ0) is 10.8. The van der Waals surface area contributed by atoms with E-state index in [9.17, 15) is 0 Å². The van der Waals surface area contributed by atoms with Gasteiger partial charge in [0.05, 0.1) is 11.6 Å². The van der Waals surface area contributed by atoms with Crippen LogP contribution in [0.3, 0.4) is 0 Å². The lowest BCUT2D eigenvalue weighted by Crippen LogP contribution is -2.26. The van der Waals surface area contributed by atoms with Gasteiger partial charge in [0.15, 0.2) is 0 Å². The third-order valence-corrected chi connectivity index (χ3v) is 4.10. The van der Waals surface area contributed by atoms with Crippen molar-refractivity contribution in [1.29, 1.82) is 0 Å². The monoisotopic (exact) mass is 234 g/mol. The molecule has 1 aliphatic rings. The first kappa shape index (κ1) is 10.0. The highest BCUT2D eigenvalue weighted by Gasteiger charge is 2.15. The summed E-state index contributed by atoms with van der Waals surface area (Å²) in [4.78, 5) is 4.39.